The number of ether oxygens (including phenoxy) is 1. The quantitative estimate of drug-likeness (QED) is 0.690. The van der Waals surface area contributed by atoms with E-state index < -0.39 is 27.0 Å². The van der Waals surface area contributed by atoms with Crippen LogP contribution in [0.2, 0.25) is 0 Å². The topological polar surface area (TPSA) is 81.7 Å². The molecular formula is C19H19F2NO5S2. The number of carbonyl (C=O) groups is 1. The van der Waals surface area contributed by atoms with Crippen LogP contribution in [0.3, 0.4) is 0 Å². The molecule has 0 aliphatic carbocycles. The van der Waals surface area contributed by atoms with Gasteiger partial charge in [-0.15, -0.1) is 11.8 Å². The van der Waals surface area contributed by atoms with Crippen LogP contribution >= 0.6 is 11.8 Å². The van der Waals surface area contributed by atoms with E-state index in [2.05, 4.69) is 5.32 Å². The average Bonchev–Trinajstić information content (AvgIpc) is 2.80. The Bertz CT molecular complexity index is 962. The zero-order valence-electron chi connectivity index (χ0n) is 15.4. The van der Waals surface area contributed by atoms with Crippen molar-refractivity contribution in [3.8, 4) is 11.5 Å². The van der Waals surface area contributed by atoms with Crippen LogP contribution in [-0.4, -0.2) is 39.0 Å². The molecule has 1 heterocycles. The number of benzene rings is 2. The Kier molecular flexibility index (Phi) is 6.76. The molecule has 1 aliphatic heterocycles. The van der Waals surface area contributed by atoms with Gasteiger partial charge in [0.2, 0.25) is 5.91 Å². The predicted molar refractivity (Wildman–Crippen MR) is 105 cm³/mol. The Hall–Kier alpha value is -2.17. The maximum Gasteiger partial charge on any atom is 0.264 e. The van der Waals surface area contributed by atoms with Crippen molar-refractivity contribution in [2.75, 3.05) is 18.6 Å². The molecule has 1 fully saturated rings. The smallest absolute Gasteiger partial charge is 0.264 e. The van der Waals surface area contributed by atoms with Crippen molar-refractivity contribution < 1.29 is 30.9 Å². The molecule has 10 heteroatoms. The summed E-state index contributed by atoms with van der Waals surface area (Å²) in [6.07, 6.45) is 1.54. The summed E-state index contributed by atoms with van der Waals surface area (Å²) < 4.78 is 59.0. The van der Waals surface area contributed by atoms with Crippen LogP contribution < -0.4 is 10.1 Å². The van der Waals surface area contributed by atoms with Gasteiger partial charge in [0.25, 0.3) is 10.1 Å². The van der Waals surface area contributed by atoms with Gasteiger partial charge in [-0.1, -0.05) is 12.1 Å². The Morgan fingerprint density at radius 3 is 2.38 bits per heavy atom. The second-order valence-electron chi connectivity index (χ2n) is 6.51. The Balaban J connectivity index is 1.65. The summed E-state index contributed by atoms with van der Waals surface area (Å²) in [7, 11) is -3.57. The number of nitrogens with one attached hydrogen (secondary N) is 1. The lowest BCUT2D eigenvalue weighted by molar-refractivity contribution is -0.121. The van der Waals surface area contributed by atoms with Gasteiger partial charge >= 0.3 is 0 Å². The van der Waals surface area contributed by atoms with E-state index >= 15 is 0 Å². The summed E-state index contributed by atoms with van der Waals surface area (Å²) in [6, 6.07) is 9.15. The summed E-state index contributed by atoms with van der Waals surface area (Å²) in [5.41, 5.74) is 0.731. The third-order valence-corrected chi connectivity index (χ3v) is 5.93. The summed E-state index contributed by atoms with van der Waals surface area (Å²) in [6.45, 7) is -0.102. The first-order valence-electron chi connectivity index (χ1n) is 8.70. The van der Waals surface area contributed by atoms with Crippen LogP contribution in [-0.2, 0) is 19.1 Å². The number of halogens is 2. The van der Waals surface area contributed by atoms with Crippen molar-refractivity contribution in [1.82, 2.24) is 5.32 Å². The van der Waals surface area contributed by atoms with E-state index in [1.165, 1.54) is 11.8 Å². The van der Waals surface area contributed by atoms with Gasteiger partial charge in [0.05, 0.1) is 18.9 Å². The monoisotopic (exact) mass is 443 g/mol. The number of amides is 1. The number of thioether (sulfide) groups is 1. The standard InChI is InChI=1S/C19H19F2NO5S2/c1-29(24,25)26-11-15-6-7-28-18(19(23)22-15)12-2-4-16(5-3-12)27-17-9-13(20)8-14(21)10-17/h2-5,8-10,15,18H,6-7,11H2,1H3,(H,22,23)/t15-,18+/m0/s1. The lowest BCUT2D eigenvalue weighted by atomic mass is 10.1. The number of rotatable bonds is 6. The fourth-order valence-corrected chi connectivity index (χ4v) is 4.40. The molecular weight excluding hydrogens is 424 g/mol. The van der Waals surface area contributed by atoms with Gasteiger partial charge in [-0.05, 0) is 29.9 Å². The molecule has 0 saturated carbocycles. The molecule has 0 radical (unpaired) electrons. The molecule has 29 heavy (non-hydrogen) atoms. The Morgan fingerprint density at radius 2 is 1.76 bits per heavy atom. The molecule has 2 aromatic carbocycles. The highest BCUT2D eigenvalue weighted by Crippen LogP contribution is 2.34. The third kappa shape index (κ3) is 6.41. The van der Waals surface area contributed by atoms with Gasteiger partial charge in [0.1, 0.15) is 28.4 Å². The second kappa shape index (κ2) is 9.10. The molecule has 0 unspecified atom stereocenters. The summed E-state index contributed by atoms with van der Waals surface area (Å²) in [4.78, 5) is 12.5. The van der Waals surface area contributed by atoms with Crippen LogP contribution in [0.15, 0.2) is 42.5 Å². The highest BCUT2D eigenvalue weighted by atomic mass is 32.2. The Labute approximate surface area is 171 Å². The zero-order chi connectivity index (χ0) is 21.0. The van der Waals surface area contributed by atoms with Gasteiger partial charge in [0, 0.05) is 18.2 Å². The third-order valence-electron chi connectivity index (χ3n) is 4.07. The summed E-state index contributed by atoms with van der Waals surface area (Å²) in [5, 5.41) is 2.33. The summed E-state index contributed by atoms with van der Waals surface area (Å²) in [5.74, 6) is -0.671. The molecule has 1 N–H and O–H groups in total. The van der Waals surface area contributed by atoms with E-state index in [0.717, 1.165) is 30.0 Å². The van der Waals surface area contributed by atoms with Gasteiger partial charge < -0.3 is 10.1 Å². The van der Waals surface area contributed by atoms with Gasteiger partial charge in [0.15, 0.2) is 0 Å². The maximum atomic E-state index is 13.3. The van der Waals surface area contributed by atoms with Crippen molar-refractivity contribution >= 4 is 27.8 Å². The highest BCUT2D eigenvalue weighted by Gasteiger charge is 2.28. The highest BCUT2D eigenvalue weighted by molar-refractivity contribution is 8.00. The number of hydrogen-bond acceptors (Lipinski definition) is 6. The van der Waals surface area contributed by atoms with E-state index in [9.17, 15) is 22.0 Å². The minimum atomic E-state index is -3.57. The van der Waals surface area contributed by atoms with Crippen LogP contribution in [0.1, 0.15) is 17.2 Å². The van der Waals surface area contributed by atoms with Crippen LogP contribution in [0, 0.1) is 11.6 Å². The minimum Gasteiger partial charge on any atom is -0.457 e. The van der Waals surface area contributed by atoms with Crippen molar-refractivity contribution in [3.63, 3.8) is 0 Å². The Morgan fingerprint density at radius 1 is 1.10 bits per heavy atom. The SMILES string of the molecule is CS(=O)(=O)OC[C@@H]1CCS[C@H](c2ccc(Oc3cc(F)cc(F)c3)cc2)C(=O)N1. The first-order chi connectivity index (χ1) is 13.7. The van der Waals surface area contributed by atoms with E-state index in [1.54, 1.807) is 24.3 Å². The summed E-state index contributed by atoms with van der Waals surface area (Å²) >= 11 is 1.44. The van der Waals surface area contributed by atoms with Gasteiger partial charge in [-0.3, -0.25) is 8.98 Å². The molecule has 1 amide bonds. The molecule has 0 bridgehead atoms. The van der Waals surface area contributed by atoms with Crippen molar-refractivity contribution in [2.24, 2.45) is 0 Å². The zero-order valence-corrected chi connectivity index (χ0v) is 17.1. The lowest BCUT2D eigenvalue weighted by Gasteiger charge is -2.17. The first kappa shape index (κ1) is 21.5. The number of hydrogen-bond donors (Lipinski definition) is 1. The first-order valence-corrected chi connectivity index (χ1v) is 11.6. The normalized spacial score (nSPS) is 20.0. The molecule has 156 valence electrons. The molecule has 3 rings (SSSR count). The average molecular weight is 443 g/mol. The molecule has 0 aromatic heterocycles. The van der Waals surface area contributed by atoms with E-state index in [-0.39, 0.29) is 24.3 Å². The molecule has 6 nitrogen and oxygen atoms in total. The molecule has 1 saturated heterocycles. The maximum absolute atomic E-state index is 13.3. The van der Waals surface area contributed by atoms with Gasteiger partial charge in [-0.2, -0.15) is 8.42 Å². The molecule has 1 aliphatic rings. The fraction of sp³-hybridized carbons (Fsp3) is 0.316. The van der Waals surface area contributed by atoms with E-state index in [1.807, 2.05) is 0 Å². The molecule has 2 aromatic rings. The van der Waals surface area contributed by atoms with Crippen molar-refractivity contribution in [3.05, 3.63) is 59.7 Å². The van der Waals surface area contributed by atoms with Crippen molar-refractivity contribution in [1.29, 1.82) is 0 Å². The molecule has 2 atom stereocenters. The van der Waals surface area contributed by atoms with E-state index in [4.69, 9.17) is 8.92 Å². The van der Waals surface area contributed by atoms with Crippen LogP contribution in [0.5, 0.6) is 11.5 Å². The largest absolute Gasteiger partial charge is 0.457 e. The van der Waals surface area contributed by atoms with Crippen LogP contribution in [0.25, 0.3) is 0 Å². The number of carbonyl (C=O) groups excluding carboxylic acids is 1. The molecule has 0 spiro atoms. The lowest BCUT2D eigenvalue weighted by Crippen LogP contribution is -2.39. The van der Waals surface area contributed by atoms with Crippen LogP contribution in [0.4, 0.5) is 8.78 Å². The van der Waals surface area contributed by atoms with E-state index in [0.29, 0.717) is 17.9 Å². The predicted octanol–water partition coefficient (Wildman–Crippen LogP) is 3.40. The fourth-order valence-electron chi connectivity index (χ4n) is 2.77. The van der Waals surface area contributed by atoms with Gasteiger partial charge in [-0.25, -0.2) is 8.78 Å². The second-order valence-corrected chi connectivity index (χ2v) is 9.37. The minimum absolute atomic E-state index is 0.0329. The van der Waals surface area contributed by atoms with Crippen molar-refractivity contribution in [2.45, 2.75) is 17.7 Å².